The van der Waals surface area contributed by atoms with Gasteiger partial charge in [-0.05, 0) is 58.0 Å². The zero-order valence-corrected chi connectivity index (χ0v) is 15.2. The van der Waals surface area contributed by atoms with Crippen LogP contribution in [0.2, 0.25) is 0 Å². The first kappa shape index (κ1) is 17.5. The van der Waals surface area contributed by atoms with Crippen LogP contribution in [0.25, 0.3) is 5.69 Å². The zero-order chi connectivity index (χ0) is 18.0. The lowest BCUT2D eigenvalue weighted by Gasteiger charge is -2.28. The largest absolute Gasteiger partial charge is 0.320 e. The van der Waals surface area contributed by atoms with Gasteiger partial charge in [0.2, 0.25) is 5.91 Å². The Hall–Kier alpha value is -2.34. The van der Waals surface area contributed by atoms with Crippen LogP contribution < -0.4 is 10.9 Å². The minimum Gasteiger partial charge on any atom is -0.320 e. The predicted molar refractivity (Wildman–Crippen MR) is 99.2 cm³/mol. The molecule has 0 atom stereocenters. The Kier molecular flexibility index (Phi) is 5.08. The minimum atomic E-state index is -0.192. The van der Waals surface area contributed by atoms with E-state index in [4.69, 9.17) is 0 Å². The number of hydrogen-bond acceptors (Lipinski definition) is 3. The van der Waals surface area contributed by atoms with Crippen molar-refractivity contribution in [2.75, 3.05) is 25.5 Å². The second-order valence-electron chi connectivity index (χ2n) is 6.94. The molecule has 1 N–H and O–H groups in total. The molecule has 2 heterocycles. The maximum atomic E-state index is 12.8. The molecule has 0 spiro atoms. The van der Waals surface area contributed by atoms with Crippen molar-refractivity contribution < 1.29 is 4.79 Å². The van der Waals surface area contributed by atoms with E-state index in [1.165, 1.54) is 0 Å². The van der Waals surface area contributed by atoms with Crippen molar-refractivity contribution in [3.05, 3.63) is 46.4 Å². The van der Waals surface area contributed by atoms with Gasteiger partial charge in [-0.25, -0.2) is 4.68 Å². The summed E-state index contributed by atoms with van der Waals surface area (Å²) in [7, 11) is 3.94. The van der Waals surface area contributed by atoms with Crippen molar-refractivity contribution >= 4 is 11.6 Å². The molecule has 1 aromatic carbocycles. The van der Waals surface area contributed by atoms with E-state index in [2.05, 4.69) is 17.3 Å². The van der Waals surface area contributed by atoms with Gasteiger partial charge < -0.3 is 10.2 Å². The molecule has 6 heteroatoms. The van der Waals surface area contributed by atoms with Crippen LogP contribution in [0.4, 0.5) is 5.69 Å². The molecule has 1 aliphatic heterocycles. The third-order valence-electron chi connectivity index (χ3n) is 5.13. The predicted octanol–water partition coefficient (Wildman–Crippen LogP) is 2.15. The molecular weight excluding hydrogens is 316 g/mol. The van der Waals surface area contributed by atoms with E-state index in [1.807, 2.05) is 44.3 Å². The fourth-order valence-electron chi connectivity index (χ4n) is 3.43. The van der Waals surface area contributed by atoms with Crippen molar-refractivity contribution in [3.63, 3.8) is 0 Å². The number of anilines is 1. The standard InChI is InChI=1S/C19H26N4O2/c1-14-18(20-17(24)13-15-9-11-21(2)12-10-15)19(25)23(22(14)3)16-7-5-4-6-8-16/h4-8,15H,9-13H2,1-3H3,(H,20,24). The van der Waals surface area contributed by atoms with Crippen LogP contribution in [0.5, 0.6) is 0 Å². The quantitative estimate of drug-likeness (QED) is 0.926. The number of nitrogens with one attached hydrogen (secondary N) is 1. The summed E-state index contributed by atoms with van der Waals surface area (Å²) >= 11 is 0. The molecule has 1 fully saturated rings. The topological polar surface area (TPSA) is 59.3 Å². The summed E-state index contributed by atoms with van der Waals surface area (Å²) in [5.74, 6) is 0.331. The number of carbonyl (C=O) groups is 1. The Labute approximate surface area is 148 Å². The summed E-state index contributed by atoms with van der Waals surface area (Å²) < 4.78 is 3.36. The number of likely N-dealkylation sites (tertiary alicyclic amines) is 1. The first-order valence-electron chi connectivity index (χ1n) is 8.79. The highest BCUT2D eigenvalue weighted by atomic mass is 16.2. The number of piperidine rings is 1. The number of aromatic nitrogens is 2. The van der Waals surface area contributed by atoms with Gasteiger partial charge in [0.25, 0.3) is 5.56 Å². The molecule has 6 nitrogen and oxygen atoms in total. The summed E-state index contributed by atoms with van der Waals surface area (Å²) in [6.45, 7) is 3.91. The Morgan fingerprint density at radius 2 is 1.80 bits per heavy atom. The molecule has 1 aliphatic rings. The zero-order valence-electron chi connectivity index (χ0n) is 15.2. The van der Waals surface area contributed by atoms with Gasteiger partial charge in [-0.1, -0.05) is 18.2 Å². The molecule has 2 aromatic rings. The molecule has 0 radical (unpaired) electrons. The monoisotopic (exact) mass is 342 g/mol. The number of carbonyl (C=O) groups excluding carboxylic acids is 1. The van der Waals surface area contributed by atoms with Crippen LogP contribution in [0, 0.1) is 12.8 Å². The van der Waals surface area contributed by atoms with Gasteiger partial charge in [0, 0.05) is 13.5 Å². The number of benzene rings is 1. The Bertz CT molecular complexity index is 799. The maximum absolute atomic E-state index is 12.8. The summed E-state index contributed by atoms with van der Waals surface area (Å²) in [5.41, 5.74) is 1.73. The van der Waals surface area contributed by atoms with Crippen molar-refractivity contribution in [2.45, 2.75) is 26.2 Å². The van der Waals surface area contributed by atoms with E-state index < -0.39 is 0 Å². The number of nitrogens with zero attached hydrogens (tertiary/aromatic N) is 3. The second-order valence-corrected chi connectivity index (χ2v) is 6.94. The highest BCUT2D eigenvalue weighted by Gasteiger charge is 2.22. The van der Waals surface area contributed by atoms with Crippen LogP contribution >= 0.6 is 0 Å². The molecule has 3 rings (SSSR count). The van der Waals surface area contributed by atoms with Gasteiger partial charge in [0.15, 0.2) is 0 Å². The molecule has 0 saturated carbocycles. The third kappa shape index (κ3) is 3.69. The fraction of sp³-hybridized carbons (Fsp3) is 0.474. The number of hydrogen-bond donors (Lipinski definition) is 1. The van der Waals surface area contributed by atoms with Crippen molar-refractivity contribution in [3.8, 4) is 5.69 Å². The third-order valence-corrected chi connectivity index (χ3v) is 5.13. The molecule has 1 amide bonds. The highest BCUT2D eigenvalue weighted by Crippen LogP contribution is 2.21. The SMILES string of the molecule is Cc1c(NC(=O)CC2CCN(C)CC2)c(=O)n(-c2ccccc2)n1C. The van der Waals surface area contributed by atoms with E-state index in [0.717, 1.165) is 37.3 Å². The van der Waals surface area contributed by atoms with Crippen LogP contribution in [-0.4, -0.2) is 40.3 Å². The van der Waals surface area contributed by atoms with E-state index in [0.29, 0.717) is 18.0 Å². The van der Waals surface area contributed by atoms with Crippen molar-refractivity contribution in [1.29, 1.82) is 0 Å². The lowest BCUT2D eigenvalue weighted by Crippen LogP contribution is -2.32. The Balaban J connectivity index is 1.77. The molecule has 1 aromatic heterocycles. The van der Waals surface area contributed by atoms with Gasteiger partial charge in [-0.3, -0.25) is 14.3 Å². The summed E-state index contributed by atoms with van der Waals surface area (Å²) in [5, 5.41) is 2.86. The van der Waals surface area contributed by atoms with Crippen LogP contribution in [0.3, 0.4) is 0 Å². The van der Waals surface area contributed by atoms with Gasteiger partial charge in [0.05, 0.1) is 11.4 Å². The molecule has 0 bridgehead atoms. The lowest BCUT2D eigenvalue weighted by atomic mass is 9.93. The van der Waals surface area contributed by atoms with Crippen LogP contribution in [-0.2, 0) is 11.8 Å². The number of amides is 1. The van der Waals surface area contributed by atoms with E-state index in [-0.39, 0.29) is 11.5 Å². The molecule has 1 saturated heterocycles. The van der Waals surface area contributed by atoms with Crippen LogP contribution in [0.1, 0.15) is 25.0 Å². The van der Waals surface area contributed by atoms with E-state index in [9.17, 15) is 9.59 Å². The summed E-state index contributed by atoms with van der Waals surface area (Å²) in [4.78, 5) is 27.5. The minimum absolute atomic E-state index is 0.0689. The molecule has 134 valence electrons. The van der Waals surface area contributed by atoms with E-state index >= 15 is 0 Å². The molecule has 25 heavy (non-hydrogen) atoms. The average molecular weight is 342 g/mol. The molecular formula is C19H26N4O2. The molecule has 0 unspecified atom stereocenters. The van der Waals surface area contributed by atoms with Crippen molar-refractivity contribution in [2.24, 2.45) is 13.0 Å². The maximum Gasteiger partial charge on any atom is 0.295 e. The van der Waals surface area contributed by atoms with Crippen molar-refractivity contribution in [1.82, 2.24) is 14.3 Å². The Morgan fingerprint density at radius 3 is 2.44 bits per heavy atom. The Morgan fingerprint density at radius 1 is 1.16 bits per heavy atom. The number of para-hydroxylation sites is 1. The first-order chi connectivity index (χ1) is 12.0. The smallest absolute Gasteiger partial charge is 0.295 e. The average Bonchev–Trinajstić information content (AvgIpc) is 2.81. The van der Waals surface area contributed by atoms with Gasteiger partial charge in [-0.2, -0.15) is 0 Å². The number of rotatable bonds is 4. The van der Waals surface area contributed by atoms with Gasteiger partial charge >= 0.3 is 0 Å². The lowest BCUT2D eigenvalue weighted by molar-refractivity contribution is -0.117. The van der Waals surface area contributed by atoms with E-state index in [1.54, 1.807) is 9.36 Å². The van der Waals surface area contributed by atoms with Gasteiger partial charge in [0.1, 0.15) is 5.69 Å². The second kappa shape index (κ2) is 7.27. The summed E-state index contributed by atoms with van der Waals surface area (Å²) in [6, 6.07) is 9.45. The van der Waals surface area contributed by atoms with Gasteiger partial charge in [-0.15, -0.1) is 0 Å². The van der Waals surface area contributed by atoms with Crippen LogP contribution in [0.15, 0.2) is 35.1 Å². The molecule has 0 aliphatic carbocycles. The summed E-state index contributed by atoms with van der Waals surface area (Å²) in [6.07, 6.45) is 2.55. The fourth-order valence-corrected chi connectivity index (χ4v) is 3.43. The normalized spacial score (nSPS) is 16.1. The highest BCUT2D eigenvalue weighted by molar-refractivity contribution is 5.91. The first-order valence-corrected chi connectivity index (χ1v) is 8.79.